The Hall–Kier alpha value is -0.910. The number of methoxy groups -OCH3 is 1. The van der Waals surface area contributed by atoms with Crippen LogP contribution in [0.4, 0.5) is 0 Å². The van der Waals surface area contributed by atoms with Gasteiger partial charge in [0, 0.05) is 4.47 Å². The van der Waals surface area contributed by atoms with E-state index in [1.807, 2.05) is 24.3 Å². The molecule has 2 saturated heterocycles. The zero-order chi connectivity index (χ0) is 13.5. The highest BCUT2D eigenvalue weighted by atomic mass is 79.9. The molecule has 0 saturated carbocycles. The largest absolute Gasteiger partial charge is 0.468 e. The Morgan fingerprint density at radius 1 is 1.16 bits per heavy atom. The van der Waals surface area contributed by atoms with Gasteiger partial charge in [0.15, 0.2) is 0 Å². The Morgan fingerprint density at radius 2 is 1.74 bits per heavy atom. The van der Waals surface area contributed by atoms with Gasteiger partial charge in [-0.05, 0) is 17.7 Å². The fraction of sp³-hybridized carbons (Fsp3) is 0.500. The fourth-order valence-corrected chi connectivity index (χ4v) is 3.15. The number of hydrogen-bond acceptors (Lipinski definition) is 4. The first-order valence-electron chi connectivity index (χ1n) is 6.15. The van der Waals surface area contributed by atoms with Gasteiger partial charge in [0.05, 0.1) is 39.0 Å². The average Bonchev–Trinajstić information content (AvgIpc) is 2.32. The van der Waals surface area contributed by atoms with E-state index >= 15 is 0 Å². The molecule has 1 aromatic carbocycles. The second-order valence-electron chi connectivity index (χ2n) is 5.15. The predicted octanol–water partition coefficient (Wildman–Crippen LogP) is 1.91. The Bertz CT molecular complexity index is 489. The molecule has 1 aromatic rings. The van der Waals surface area contributed by atoms with Crippen molar-refractivity contribution in [2.45, 2.75) is 5.41 Å². The van der Waals surface area contributed by atoms with Crippen molar-refractivity contribution in [3.05, 3.63) is 34.3 Å². The van der Waals surface area contributed by atoms with E-state index in [1.165, 1.54) is 7.11 Å². The maximum Gasteiger partial charge on any atom is 0.317 e. The van der Waals surface area contributed by atoms with Crippen LogP contribution in [0.5, 0.6) is 0 Å². The van der Waals surface area contributed by atoms with Crippen molar-refractivity contribution in [1.29, 1.82) is 0 Å². The van der Waals surface area contributed by atoms with Gasteiger partial charge < -0.3 is 14.2 Å². The van der Waals surface area contributed by atoms with Gasteiger partial charge in [-0.3, -0.25) is 4.79 Å². The third kappa shape index (κ3) is 1.68. The zero-order valence-corrected chi connectivity index (χ0v) is 12.2. The van der Waals surface area contributed by atoms with E-state index in [9.17, 15) is 4.79 Å². The van der Waals surface area contributed by atoms with E-state index in [0.29, 0.717) is 26.4 Å². The monoisotopic (exact) mass is 326 g/mol. The van der Waals surface area contributed by atoms with Crippen LogP contribution in [0.3, 0.4) is 0 Å². The molecule has 0 unspecified atom stereocenters. The summed E-state index contributed by atoms with van der Waals surface area (Å²) in [7, 11) is 1.43. The van der Waals surface area contributed by atoms with Gasteiger partial charge >= 0.3 is 5.97 Å². The van der Waals surface area contributed by atoms with Gasteiger partial charge in [-0.25, -0.2) is 0 Å². The van der Waals surface area contributed by atoms with Crippen LogP contribution in [0.25, 0.3) is 0 Å². The van der Waals surface area contributed by atoms with Crippen LogP contribution in [0, 0.1) is 5.41 Å². The number of benzene rings is 1. The highest BCUT2D eigenvalue weighted by molar-refractivity contribution is 9.10. The summed E-state index contributed by atoms with van der Waals surface area (Å²) < 4.78 is 16.8. The summed E-state index contributed by atoms with van der Waals surface area (Å²) in [5.41, 5.74) is 0.183. The minimum absolute atomic E-state index is 0.204. The van der Waals surface area contributed by atoms with Crippen molar-refractivity contribution >= 4 is 21.9 Å². The Morgan fingerprint density at radius 3 is 2.11 bits per heavy atom. The molecule has 0 aromatic heterocycles. The summed E-state index contributed by atoms with van der Waals surface area (Å²) in [4.78, 5) is 12.2. The maximum absolute atomic E-state index is 12.2. The van der Waals surface area contributed by atoms with Gasteiger partial charge in [-0.1, -0.05) is 28.1 Å². The number of hydrogen-bond donors (Lipinski definition) is 0. The van der Waals surface area contributed by atoms with Gasteiger partial charge in [0.1, 0.15) is 5.41 Å². The predicted molar refractivity (Wildman–Crippen MR) is 71.9 cm³/mol. The normalized spacial score (nSPS) is 23.1. The average molecular weight is 327 g/mol. The van der Waals surface area contributed by atoms with Gasteiger partial charge in [-0.15, -0.1) is 0 Å². The van der Waals surface area contributed by atoms with Crippen molar-refractivity contribution in [2.24, 2.45) is 5.41 Å². The zero-order valence-electron chi connectivity index (χ0n) is 10.6. The second-order valence-corrected chi connectivity index (χ2v) is 6.06. The van der Waals surface area contributed by atoms with E-state index in [4.69, 9.17) is 14.2 Å². The van der Waals surface area contributed by atoms with Crippen LogP contribution in [0.1, 0.15) is 5.56 Å². The van der Waals surface area contributed by atoms with Crippen LogP contribution in [0.2, 0.25) is 0 Å². The van der Waals surface area contributed by atoms with Crippen LogP contribution in [-0.4, -0.2) is 39.5 Å². The second kappa shape index (κ2) is 4.58. The van der Waals surface area contributed by atoms with Crippen LogP contribution < -0.4 is 0 Å². The lowest BCUT2D eigenvalue weighted by Gasteiger charge is -2.57. The number of ether oxygens (including phenoxy) is 3. The SMILES string of the molecule is COC(=O)C1(C2(c3ccc(Br)cc3)COC2)COC1. The smallest absolute Gasteiger partial charge is 0.317 e. The Labute approximate surface area is 120 Å². The molecule has 19 heavy (non-hydrogen) atoms. The minimum Gasteiger partial charge on any atom is -0.468 e. The van der Waals surface area contributed by atoms with Crippen LogP contribution >= 0.6 is 15.9 Å². The highest BCUT2D eigenvalue weighted by Crippen LogP contribution is 2.52. The molecular weight excluding hydrogens is 312 g/mol. The quantitative estimate of drug-likeness (QED) is 0.796. The van der Waals surface area contributed by atoms with E-state index in [2.05, 4.69) is 15.9 Å². The lowest BCUT2D eigenvalue weighted by Crippen LogP contribution is -2.70. The first-order valence-corrected chi connectivity index (χ1v) is 6.94. The summed E-state index contributed by atoms with van der Waals surface area (Å²) in [6.07, 6.45) is 0. The van der Waals surface area contributed by atoms with E-state index in [1.54, 1.807) is 0 Å². The standard InChI is InChI=1S/C14H15BrO4/c1-17-12(16)14(8-19-9-14)13(6-18-7-13)10-2-4-11(15)5-3-10/h2-5H,6-9H2,1H3. The van der Waals surface area contributed by atoms with Crippen molar-refractivity contribution in [3.8, 4) is 0 Å². The molecule has 0 amide bonds. The molecule has 2 aliphatic rings. The Kier molecular flexibility index (Phi) is 3.15. The molecule has 3 rings (SSSR count). The third-order valence-corrected chi connectivity index (χ3v) is 4.81. The van der Waals surface area contributed by atoms with Crippen LogP contribution in [-0.2, 0) is 24.4 Å². The van der Waals surface area contributed by atoms with Crippen molar-refractivity contribution in [1.82, 2.24) is 0 Å². The summed E-state index contributed by atoms with van der Waals surface area (Å²) in [5, 5.41) is 0. The lowest BCUT2D eigenvalue weighted by atomic mass is 9.57. The van der Waals surface area contributed by atoms with Crippen molar-refractivity contribution < 1.29 is 19.0 Å². The molecule has 102 valence electrons. The molecule has 0 aliphatic carbocycles. The molecular formula is C14H15BrO4. The molecule has 0 spiro atoms. The highest BCUT2D eigenvalue weighted by Gasteiger charge is 2.66. The topological polar surface area (TPSA) is 44.8 Å². The number of carbonyl (C=O) groups excluding carboxylic acids is 1. The van der Waals surface area contributed by atoms with Gasteiger partial charge in [0.25, 0.3) is 0 Å². The maximum atomic E-state index is 12.2. The summed E-state index contributed by atoms with van der Waals surface area (Å²) in [6, 6.07) is 8.05. The first kappa shape index (κ1) is 13.1. The molecule has 0 bridgehead atoms. The fourth-order valence-electron chi connectivity index (χ4n) is 2.89. The Balaban J connectivity index is 2.03. The number of carbonyl (C=O) groups is 1. The van der Waals surface area contributed by atoms with E-state index in [-0.39, 0.29) is 11.4 Å². The first-order chi connectivity index (χ1) is 9.14. The number of esters is 1. The van der Waals surface area contributed by atoms with E-state index in [0.717, 1.165) is 10.0 Å². The lowest BCUT2D eigenvalue weighted by molar-refractivity contribution is -0.238. The molecule has 4 nitrogen and oxygen atoms in total. The molecule has 2 fully saturated rings. The molecule has 0 N–H and O–H groups in total. The number of halogens is 1. The number of rotatable bonds is 3. The van der Waals surface area contributed by atoms with Gasteiger partial charge in [0.2, 0.25) is 0 Å². The molecule has 2 aliphatic heterocycles. The van der Waals surface area contributed by atoms with E-state index < -0.39 is 5.41 Å². The summed E-state index contributed by atoms with van der Waals surface area (Å²) >= 11 is 3.43. The van der Waals surface area contributed by atoms with Gasteiger partial charge in [-0.2, -0.15) is 0 Å². The summed E-state index contributed by atoms with van der Waals surface area (Å²) in [5.74, 6) is -0.204. The molecule has 0 atom stereocenters. The molecule has 5 heteroatoms. The van der Waals surface area contributed by atoms with Crippen LogP contribution in [0.15, 0.2) is 28.7 Å². The van der Waals surface area contributed by atoms with Crippen molar-refractivity contribution in [2.75, 3.05) is 33.5 Å². The third-order valence-electron chi connectivity index (χ3n) is 4.28. The minimum atomic E-state index is -0.603. The molecule has 2 heterocycles. The van der Waals surface area contributed by atoms with Crippen molar-refractivity contribution in [3.63, 3.8) is 0 Å². The molecule has 0 radical (unpaired) electrons. The summed E-state index contributed by atoms with van der Waals surface area (Å²) in [6.45, 7) is 1.87.